The van der Waals surface area contributed by atoms with Gasteiger partial charge in [0.15, 0.2) is 11.5 Å². The Morgan fingerprint density at radius 1 is 0.875 bits per heavy atom. The Morgan fingerprint density at radius 3 is 1.82 bits per heavy atom. The van der Waals surface area contributed by atoms with Crippen LogP contribution in [0.2, 0.25) is 0 Å². The van der Waals surface area contributed by atoms with Crippen molar-refractivity contribution in [2.24, 2.45) is 11.7 Å². The van der Waals surface area contributed by atoms with Crippen molar-refractivity contribution in [1.82, 2.24) is 0 Å². The monoisotopic (exact) mass is 567 g/mol. The van der Waals surface area contributed by atoms with Gasteiger partial charge >= 0.3 is 24.2 Å². The van der Waals surface area contributed by atoms with Crippen molar-refractivity contribution in [3.63, 3.8) is 0 Å². The minimum Gasteiger partial charge on any atom is -0.480 e. The third-order valence-corrected chi connectivity index (χ3v) is 6.42. The Morgan fingerprint density at radius 2 is 1.38 bits per heavy atom. The number of benzene rings is 1. The quantitative estimate of drug-likeness (QED) is 0.155. The maximum atomic E-state index is 12.6. The molecule has 0 heterocycles. The van der Waals surface area contributed by atoms with Crippen LogP contribution in [0.4, 0.5) is 9.59 Å². The van der Waals surface area contributed by atoms with E-state index in [1.807, 2.05) is 27.7 Å². The Balaban J connectivity index is 3.42. The number of carboxylic acid groups (broad SMARTS) is 1. The van der Waals surface area contributed by atoms with Crippen molar-refractivity contribution in [3.05, 3.63) is 23.8 Å². The molecule has 0 spiro atoms. The number of hydrogen-bond acceptors (Lipinski definition) is 10. The van der Waals surface area contributed by atoms with Gasteiger partial charge in [-0.05, 0) is 77.5 Å². The van der Waals surface area contributed by atoms with Crippen molar-refractivity contribution in [3.8, 4) is 11.5 Å². The molecule has 1 rings (SSSR count). The third-order valence-electron chi connectivity index (χ3n) is 6.42. The molecule has 0 aromatic heterocycles. The smallest absolute Gasteiger partial charge is 0.480 e. The molecule has 11 nitrogen and oxygen atoms in total. The van der Waals surface area contributed by atoms with Gasteiger partial charge in [-0.25, -0.2) is 9.59 Å². The molecule has 1 aromatic rings. The van der Waals surface area contributed by atoms with Gasteiger partial charge in [0.2, 0.25) is 0 Å². The second-order valence-corrected chi connectivity index (χ2v) is 11.4. The number of nitrogens with two attached hydrogens (primary N) is 1. The molecule has 40 heavy (non-hydrogen) atoms. The van der Waals surface area contributed by atoms with Gasteiger partial charge in [-0.3, -0.25) is 9.59 Å². The number of hydrogen-bond donors (Lipinski definition) is 2. The van der Waals surface area contributed by atoms with Crippen LogP contribution in [0.3, 0.4) is 0 Å². The number of ether oxygens (including phenoxy) is 5. The van der Waals surface area contributed by atoms with Crippen LogP contribution in [0.1, 0.15) is 99.5 Å². The van der Waals surface area contributed by atoms with E-state index in [-0.39, 0.29) is 30.3 Å². The van der Waals surface area contributed by atoms with Gasteiger partial charge in [0, 0.05) is 12.3 Å². The number of rotatable bonds is 14. The first-order chi connectivity index (χ1) is 18.4. The molecular formula is C29H45NO10. The average molecular weight is 568 g/mol. The number of carboxylic acids is 1. The lowest BCUT2D eigenvalue weighted by molar-refractivity contribution is -0.149. The van der Waals surface area contributed by atoms with Crippen LogP contribution in [0, 0.1) is 5.92 Å². The van der Waals surface area contributed by atoms with Crippen molar-refractivity contribution in [2.45, 2.75) is 117 Å². The number of esters is 1. The predicted octanol–water partition coefficient (Wildman–Crippen LogP) is 5.96. The molecule has 226 valence electrons. The molecule has 0 saturated heterocycles. The largest absolute Gasteiger partial charge is 0.514 e. The number of aliphatic carboxylic acids is 1. The minimum absolute atomic E-state index is 0.0665. The van der Waals surface area contributed by atoms with E-state index < -0.39 is 53.5 Å². The highest BCUT2D eigenvalue weighted by atomic mass is 16.8. The fourth-order valence-corrected chi connectivity index (χ4v) is 3.41. The summed E-state index contributed by atoms with van der Waals surface area (Å²) in [6.45, 7) is 15.9. The molecule has 3 atom stereocenters. The zero-order valence-electron chi connectivity index (χ0n) is 25.1. The molecule has 0 aliphatic heterocycles. The molecule has 0 radical (unpaired) electrons. The van der Waals surface area contributed by atoms with E-state index in [0.717, 1.165) is 0 Å². The highest BCUT2D eigenvalue weighted by Gasteiger charge is 2.31. The van der Waals surface area contributed by atoms with Crippen molar-refractivity contribution in [2.75, 3.05) is 0 Å². The van der Waals surface area contributed by atoms with Gasteiger partial charge in [0.25, 0.3) is 0 Å². The number of carbonyl (C=O) groups excluding carboxylic acids is 3. The van der Waals surface area contributed by atoms with E-state index in [4.69, 9.17) is 29.4 Å². The van der Waals surface area contributed by atoms with Gasteiger partial charge in [-0.1, -0.05) is 33.8 Å². The van der Waals surface area contributed by atoms with E-state index in [0.29, 0.717) is 18.4 Å². The van der Waals surface area contributed by atoms with E-state index in [9.17, 15) is 24.3 Å². The van der Waals surface area contributed by atoms with Crippen molar-refractivity contribution in [1.29, 1.82) is 0 Å². The average Bonchev–Trinajstić information content (AvgIpc) is 2.81. The molecule has 0 amide bonds. The zero-order chi connectivity index (χ0) is 30.8. The fraction of sp³-hybridized carbons (Fsp3) is 0.655. The van der Waals surface area contributed by atoms with Crippen LogP contribution in [-0.4, -0.2) is 52.7 Å². The summed E-state index contributed by atoms with van der Waals surface area (Å²) in [6, 6.07) is 2.81. The fourth-order valence-electron chi connectivity index (χ4n) is 3.41. The first-order valence-corrected chi connectivity index (χ1v) is 13.5. The van der Waals surface area contributed by atoms with Gasteiger partial charge in [-0.15, -0.1) is 0 Å². The summed E-state index contributed by atoms with van der Waals surface area (Å²) in [5, 5.41) is 9.68. The van der Waals surface area contributed by atoms with E-state index >= 15 is 0 Å². The molecule has 2 unspecified atom stereocenters. The third kappa shape index (κ3) is 11.8. The lowest BCUT2D eigenvalue weighted by atomic mass is 9.87. The van der Waals surface area contributed by atoms with Crippen LogP contribution in [0.25, 0.3) is 0 Å². The van der Waals surface area contributed by atoms with E-state index in [2.05, 4.69) is 0 Å². The first kappa shape index (κ1) is 34.7. The van der Waals surface area contributed by atoms with Crippen LogP contribution in [0.5, 0.6) is 11.5 Å². The topological polar surface area (TPSA) is 161 Å². The minimum atomic E-state index is -1.38. The SMILES string of the molecule is CCC(C)(C)OC(=O)Oc1ccc(C(CC(C)OC(=O)CC(C)C)[C@H](N)C(=O)O)cc1OC(=O)OC(C)(C)CC. The van der Waals surface area contributed by atoms with Crippen molar-refractivity contribution >= 4 is 24.2 Å². The maximum absolute atomic E-state index is 12.6. The Labute approximate surface area is 236 Å². The van der Waals surface area contributed by atoms with E-state index in [1.54, 1.807) is 34.6 Å². The standard InChI is InChI=1S/C29H45NO10/c1-10-28(6,7)39-26(34)37-21-13-12-19(16-22(21)38-27(35)40-29(8,9)11-2)20(24(30)25(32)33)15-18(5)36-23(31)14-17(3)4/h12-13,16-18,20,24H,10-11,14-15,30H2,1-9H3,(H,32,33)/t18?,20?,24-/m0/s1. The van der Waals surface area contributed by atoms with Crippen LogP contribution >= 0.6 is 0 Å². The summed E-state index contributed by atoms with van der Waals surface area (Å²) in [4.78, 5) is 49.1. The molecule has 11 heteroatoms. The second-order valence-electron chi connectivity index (χ2n) is 11.4. The Hall–Kier alpha value is -3.34. The highest BCUT2D eigenvalue weighted by molar-refractivity contribution is 5.75. The summed E-state index contributed by atoms with van der Waals surface area (Å²) in [5.74, 6) is -2.80. The lowest BCUT2D eigenvalue weighted by Gasteiger charge is -2.26. The summed E-state index contributed by atoms with van der Waals surface area (Å²) in [5.41, 5.74) is 4.76. The molecule has 0 aliphatic rings. The van der Waals surface area contributed by atoms with Gasteiger partial charge < -0.3 is 34.5 Å². The van der Waals surface area contributed by atoms with Crippen molar-refractivity contribution < 1.29 is 48.0 Å². The molecular weight excluding hydrogens is 522 g/mol. The molecule has 0 fully saturated rings. The molecule has 0 saturated carbocycles. The summed E-state index contributed by atoms with van der Waals surface area (Å²) < 4.78 is 26.9. The second kappa shape index (κ2) is 14.9. The van der Waals surface area contributed by atoms with Gasteiger partial charge in [0.05, 0.1) is 6.10 Å². The van der Waals surface area contributed by atoms with E-state index in [1.165, 1.54) is 18.2 Å². The van der Waals surface area contributed by atoms with Crippen LogP contribution in [-0.2, 0) is 23.8 Å². The Kier molecular flexibility index (Phi) is 12.9. The first-order valence-electron chi connectivity index (χ1n) is 13.5. The zero-order valence-corrected chi connectivity index (χ0v) is 25.1. The van der Waals surface area contributed by atoms with Crippen LogP contribution in [0.15, 0.2) is 18.2 Å². The van der Waals surface area contributed by atoms with Gasteiger partial charge in [0.1, 0.15) is 17.2 Å². The summed E-state index contributed by atoms with van der Waals surface area (Å²) >= 11 is 0. The molecule has 3 N–H and O–H groups in total. The summed E-state index contributed by atoms with van der Waals surface area (Å²) in [6.07, 6.45) is -1.42. The predicted molar refractivity (Wildman–Crippen MR) is 147 cm³/mol. The summed E-state index contributed by atoms with van der Waals surface area (Å²) in [7, 11) is 0. The highest BCUT2D eigenvalue weighted by Crippen LogP contribution is 2.35. The number of carbonyl (C=O) groups is 4. The maximum Gasteiger partial charge on any atom is 0.514 e. The lowest BCUT2D eigenvalue weighted by Crippen LogP contribution is -2.38. The van der Waals surface area contributed by atoms with Crippen LogP contribution < -0.4 is 15.2 Å². The Bertz CT molecular complexity index is 1030. The normalized spacial score (nSPS) is 14.1. The van der Waals surface area contributed by atoms with Gasteiger partial charge in [-0.2, -0.15) is 0 Å². The molecule has 0 aliphatic carbocycles. The molecule has 1 aromatic carbocycles. The molecule has 0 bridgehead atoms.